The maximum Gasteiger partial charge on any atom is 0.329 e. The molecule has 0 atom stereocenters. The fourth-order valence-corrected chi connectivity index (χ4v) is 2.16. The molecule has 0 heterocycles. The fourth-order valence-electron chi connectivity index (χ4n) is 1.42. The van der Waals surface area contributed by atoms with Crippen LogP contribution in [0, 0.1) is 0 Å². The molecule has 6 nitrogen and oxygen atoms in total. The smallest absolute Gasteiger partial charge is 0.329 e. The minimum atomic E-state index is -1.05. The summed E-state index contributed by atoms with van der Waals surface area (Å²) in [6.45, 7) is 0.0150. The van der Waals surface area contributed by atoms with E-state index in [0.717, 1.165) is 0 Å². The number of hydrogen-bond acceptors (Lipinski definition) is 5. The Labute approximate surface area is 126 Å². The van der Waals surface area contributed by atoms with E-state index in [4.69, 9.17) is 9.84 Å². The maximum atomic E-state index is 11.8. The Bertz CT molecular complexity index is 478. The highest BCUT2D eigenvalue weighted by Crippen LogP contribution is 2.06. The van der Waals surface area contributed by atoms with Crippen LogP contribution in [0.4, 0.5) is 0 Å². The third-order valence-electron chi connectivity index (χ3n) is 2.36. The average Bonchev–Trinajstić information content (AvgIpc) is 2.47. The monoisotopic (exact) mass is 311 g/mol. The van der Waals surface area contributed by atoms with Gasteiger partial charge in [0.1, 0.15) is 6.61 Å². The van der Waals surface area contributed by atoms with Crippen molar-refractivity contribution in [1.82, 2.24) is 5.32 Å². The molecule has 1 amide bonds. The number of carbonyl (C=O) groups excluding carboxylic acids is 2. The van der Waals surface area contributed by atoms with Crippen LogP contribution in [0.3, 0.4) is 0 Å². The number of ether oxygens (including phenoxy) is 1. The fraction of sp³-hybridized carbons (Fsp3) is 0.357. The first kappa shape index (κ1) is 17.2. The van der Waals surface area contributed by atoms with E-state index in [9.17, 15) is 14.4 Å². The Morgan fingerprint density at radius 1 is 1.14 bits per heavy atom. The summed E-state index contributed by atoms with van der Waals surface area (Å²) >= 11 is 1.24. The Morgan fingerprint density at radius 2 is 1.86 bits per heavy atom. The molecule has 114 valence electrons. The van der Waals surface area contributed by atoms with Crippen LogP contribution in [-0.2, 0) is 14.3 Å². The summed E-state index contributed by atoms with van der Waals surface area (Å²) in [5.41, 5.74) is 0.632. The zero-order valence-electron chi connectivity index (χ0n) is 11.4. The third-order valence-corrected chi connectivity index (χ3v) is 3.29. The normalized spacial score (nSPS) is 10.1. The molecule has 0 fully saturated rings. The van der Waals surface area contributed by atoms with E-state index in [1.54, 1.807) is 24.3 Å². The van der Waals surface area contributed by atoms with Crippen molar-refractivity contribution < 1.29 is 24.2 Å². The molecular weight excluding hydrogens is 294 g/mol. The molecule has 0 saturated heterocycles. The lowest BCUT2D eigenvalue weighted by atomic mass is 10.2. The molecule has 0 aliphatic rings. The van der Waals surface area contributed by atoms with Crippen LogP contribution in [0.15, 0.2) is 30.3 Å². The van der Waals surface area contributed by atoms with Gasteiger partial charge in [0.2, 0.25) is 5.91 Å². The molecule has 0 aromatic heterocycles. The lowest BCUT2D eigenvalue weighted by Crippen LogP contribution is -2.29. The van der Waals surface area contributed by atoms with E-state index < -0.39 is 5.97 Å². The number of hydrogen-bond donors (Lipinski definition) is 2. The molecule has 0 saturated carbocycles. The van der Waals surface area contributed by atoms with Crippen molar-refractivity contribution in [3.8, 4) is 0 Å². The predicted octanol–water partition coefficient (Wildman–Crippen LogP) is 0.820. The van der Waals surface area contributed by atoms with Crippen molar-refractivity contribution in [2.24, 2.45) is 0 Å². The lowest BCUT2D eigenvalue weighted by molar-refractivity contribution is -0.142. The molecule has 0 aliphatic heterocycles. The molecular formula is C14H17NO5S. The maximum absolute atomic E-state index is 11.8. The van der Waals surface area contributed by atoms with E-state index >= 15 is 0 Å². The summed E-state index contributed by atoms with van der Waals surface area (Å²) in [5.74, 6) is -0.848. The minimum Gasteiger partial charge on any atom is -0.480 e. The minimum absolute atomic E-state index is 0.0156. The van der Waals surface area contributed by atoms with E-state index in [1.807, 2.05) is 6.07 Å². The highest BCUT2D eigenvalue weighted by molar-refractivity contribution is 8.00. The summed E-state index contributed by atoms with van der Waals surface area (Å²) in [6, 6.07) is 8.90. The van der Waals surface area contributed by atoms with Crippen LogP contribution >= 0.6 is 11.8 Å². The molecule has 1 aromatic carbocycles. The Morgan fingerprint density at radius 3 is 2.52 bits per heavy atom. The zero-order chi connectivity index (χ0) is 15.5. The van der Waals surface area contributed by atoms with Gasteiger partial charge in [-0.05, 0) is 0 Å². The van der Waals surface area contributed by atoms with E-state index in [1.165, 1.54) is 11.8 Å². The largest absolute Gasteiger partial charge is 0.480 e. The summed E-state index contributed by atoms with van der Waals surface area (Å²) in [6.07, 6.45) is 0. The number of nitrogens with one attached hydrogen (secondary N) is 1. The van der Waals surface area contributed by atoms with Gasteiger partial charge in [0.05, 0.1) is 18.1 Å². The molecule has 0 spiro atoms. The van der Waals surface area contributed by atoms with Crippen LogP contribution in [-0.4, -0.2) is 54.0 Å². The number of carbonyl (C=O) groups is 3. The molecule has 1 aromatic rings. The van der Waals surface area contributed by atoms with Gasteiger partial charge in [0.25, 0.3) is 0 Å². The topological polar surface area (TPSA) is 92.7 Å². The molecule has 7 heteroatoms. The van der Waals surface area contributed by atoms with Gasteiger partial charge in [-0.2, -0.15) is 0 Å². The van der Waals surface area contributed by atoms with Gasteiger partial charge >= 0.3 is 5.97 Å². The molecule has 1 rings (SSSR count). The number of benzene rings is 1. The standard InChI is InChI=1S/C14H17NO5S/c16-12(11-4-2-1-3-5-11)9-21-10-13(17)15-6-7-20-8-14(18)19/h1-5H,6-10H2,(H,15,17)(H,18,19). The molecule has 0 radical (unpaired) electrons. The third kappa shape index (κ3) is 8.11. The van der Waals surface area contributed by atoms with Gasteiger partial charge in [-0.25, -0.2) is 4.79 Å². The molecule has 2 N–H and O–H groups in total. The van der Waals surface area contributed by atoms with Crippen molar-refractivity contribution in [1.29, 1.82) is 0 Å². The number of thioether (sulfide) groups is 1. The van der Waals surface area contributed by atoms with Crippen LogP contribution in [0.5, 0.6) is 0 Å². The number of ketones is 1. The first-order valence-electron chi connectivity index (χ1n) is 6.32. The van der Waals surface area contributed by atoms with E-state index in [-0.39, 0.29) is 43.0 Å². The summed E-state index contributed by atoms with van der Waals surface area (Å²) in [4.78, 5) is 33.4. The van der Waals surface area contributed by atoms with E-state index in [2.05, 4.69) is 5.32 Å². The molecule has 0 bridgehead atoms. The van der Waals surface area contributed by atoms with Gasteiger partial charge in [0.15, 0.2) is 5.78 Å². The van der Waals surface area contributed by atoms with Crippen molar-refractivity contribution in [3.05, 3.63) is 35.9 Å². The highest BCUT2D eigenvalue weighted by atomic mass is 32.2. The molecule has 21 heavy (non-hydrogen) atoms. The Hall–Kier alpha value is -1.86. The number of carboxylic acid groups (broad SMARTS) is 1. The zero-order valence-corrected chi connectivity index (χ0v) is 12.2. The van der Waals surface area contributed by atoms with Gasteiger partial charge in [-0.3, -0.25) is 9.59 Å². The second kappa shape index (κ2) is 9.95. The number of carboxylic acids is 1. The van der Waals surface area contributed by atoms with Crippen molar-refractivity contribution in [3.63, 3.8) is 0 Å². The number of aliphatic carboxylic acids is 1. The molecule has 0 aliphatic carbocycles. The number of amides is 1. The number of Topliss-reactive ketones (excluding diaryl/α,β-unsaturated/α-hetero) is 1. The van der Waals surface area contributed by atoms with Crippen molar-refractivity contribution in [2.45, 2.75) is 0 Å². The van der Waals surface area contributed by atoms with Crippen LogP contribution < -0.4 is 5.32 Å². The Kier molecular flexibility index (Phi) is 8.15. The van der Waals surface area contributed by atoms with Crippen molar-refractivity contribution >= 4 is 29.4 Å². The first-order valence-corrected chi connectivity index (χ1v) is 7.47. The van der Waals surface area contributed by atoms with Crippen LogP contribution in [0.2, 0.25) is 0 Å². The highest BCUT2D eigenvalue weighted by Gasteiger charge is 2.07. The quantitative estimate of drug-likeness (QED) is 0.491. The predicted molar refractivity (Wildman–Crippen MR) is 79.6 cm³/mol. The summed E-state index contributed by atoms with van der Waals surface area (Å²) in [5, 5.41) is 10.9. The van der Waals surface area contributed by atoms with Crippen molar-refractivity contribution in [2.75, 3.05) is 31.3 Å². The SMILES string of the molecule is O=C(O)COCCNC(=O)CSCC(=O)c1ccccc1. The van der Waals surface area contributed by atoms with Crippen LogP contribution in [0.1, 0.15) is 10.4 Å². The summed E-state index contributed by atoms with van der Waals surface area (Å²) < 4.78 is 4.77. The van der Waals surface area contributed by atoms with Crippen LogP contribution in [0.25, 0.3) is 0 Å². The summed E-state index contributed by atoms with van der Waals surface area (Å²) in [7, 11) is 0. The second-order valence-corrected chi connectivity index (χ2v) is 5.06. The van der Waals surface area contributed by atoms with Gasteiger partial charge in [-0.15, -0.1) is 11.8 Å². The number of rotatable bonds is 10. The molecule has 0 unspecified atom stereocenters. The van der Waals surface area contributed by atoms with Gasteiger partial charge < -0.3 is 15.2 Å². The Balaban J connectivity index is 2.08. The van der Waals surface area contributed by atoms with Gasteiger partial charge in [-0.1, -0.05) is 30.3 Å². The second-order valence-electron chi connectivity index (χ2n) is 4.08. The average molecular weight is 311 g/mol. The lowest BCUT2D eigenvalue weighted by Gasteiger charge is -2.05. The van der Waals surface area contributed by atoms with E-state index in [0.29, 0.717) is 5.56 Å². The van der Waals surface area contributed by atoms with Gasteiger partial charge in [0, 0.05) is 12.1 Å². The first-order chi connectivity index (χ1) is 10.1.